The summed E-state index contributed by atoms with van der Waals surface area (Å²) in [5.41, 5.74) is -0.286. The molecule has 0 aromatic heterocycles. The van der Waals surface area contributed by atoms with Crippen molar-refractivity contribution < 1.29 is 28.5 Å². The van der Waals surface area contributed by atoms with Gasteiger partial charge in [0.2, 0.25) is 0 Å². The lowest BCUT2D eigenvalue weighted by Gasteiger charge is -2.37. The Balaban J connectivity index is 1.39. The number of carbonyl (C=O) groups excluding carboxylic acids is 2. The molecule has 2 aliphatic rings. The minimum Gasteiger partial charge on any atom is -0.448 e. The molecule has 10 nitrogen and oxygen atoms in total. The summed E-state index contributed by atoms with van der Waals surface area (Å²) in [7, 11) is 0. The molecule has 2 amide bonds. The van der Waals surface area contributed by atoms with Gasteiger partial charge in [-0.3, -0.25) is 9.80 Å². The van der Waals surface area contributed by atoms with E-state index in [-0.39, 0.29) is 24.1 Å². The molecule has 2 fully saturated rings. The van der Waals surface area contributed by atoms with E-state index in [0.717, 1.165) is 45.4 Å². The van der Waals surface area contributed by atoms with E-state index in [1.165, 1.54) is 0 Å². The highest BCUT2D eigenvalue weighted by molar-refractivity contribution is 5.67. The third-order valence-electron chi connectivity index (χ3n) is 6.90. The molecule has 0 radical (unpaired) electrons. The van der Waals surface area contributed by atoms with Crippen molar-refractivity contribution >= 4 is 12.2 Å². The molecule has 1 unspecified atom stereocenters. The standard InChI is InChI=1S/C25H48N4O6/c1-20(2)22-28(12-16-32-22)13-17-33-23(30)26-10-8-6-7-9-11-27-24(31)34-18-14-29-15-19-35-25(29,5)21(3)4/h20-22H,6-19H2,1-5H3,(H,26,30)(H,27,31)/t22?,25-/m1/s1. The van der Waals surface area contributed by atoms with E-state index in [9.17, 15) is 9.59 Å². The van der Waals surface area contributed by atoms with Crippen molar-refractivity contribution in [1.29, 1.82) is 0 Å². The number of hydrogen-bond donors (Lipinski definition) is 2. The zero-order chi connectivity index (χ0) is 25.7. The Labute approximate surface area is 211 Å². The summed E-state index contributed by atoms with van der Waals surface area (Å²) >= 11 is 0. The lowest BCUT2D eigenvalue weighted by molar-refractivity contribution is -0.104. The monoisotopic (exact) mass is 500 g/mol. The molecular formula is C25H48N4O6. The molecule has 2 atom stereocenters. The van der Waals surface area contributed by atoms with Gasteiger partial charge in [-0.1, -0.05) is 40.5 Å². The first-order valence-corrected chi connectivity index (χ1v) is 13.3. The van der Waals surface area contributed by atoms with Gasteiger partial charge in [0.1, 0.15) is 25.2 Å². The molecule has 2 heterocycles. The highest BCUT2D eigenvalue weighted by Gasteiger charge is 2.40. The van der Waals surface area contributed by atoms with Crippen molar-refractivity contribution in [3.05, 3.63) is 0 Å². The predicted molar refractivity (Wildman–Crippen MR) is 134 cm³/mol. The summed E-state index contributed by atoms with van der Waals surface area (Å²) in [5.74, 6) is 0.788. The van der Waals surface area contributed by atoms with Crippen LogP contribution < -0.4 is 10.6 Å². The fourth-order valence-electron chi connectivity index (χ4n) is 4.51. The third kappa shape index (κ3) is 10.1. The van der Waals surface area contributed by atoms with Gasteiger partial charge in [0, 0.05) is 39.3 Å². The van der Waals surface area contributed by atoms with Gasteiger partial charge in [0.25, 0.3) is 0 Å². The molecule has 0 aromatic carbocycles. The van der Waals surface area contributed by atoms with Gasteiger partial charge in [-0.25, -0.2) is 9.59 Å². The van der Waals surface area contributed by atoms with Crippen LogP contribution in [0.5, 0.6) is 0 Å². The molecule has 2 rings (SSSR count). The van der Waals surface area contributed by atoms with Gasteiger partial charge in [0.15, 0.2) is 0 Å². The topological polar surface area (TPSA) is 102 Å². The van der Waals surface area contributed by atoms with E-state index in [2.05, 4.69) is 55.1 Å². The molecule has 2 N–H and O–H groups in total. The molecule has 2 aliphatic heterocycles. The summed E-state index contributed by atoms with van der Waals surface area (Å²) in [5, 5.41) is 5.60. The van der Waals surface area contributed by atoms with Crippen molar-refractivity contribution in [2.75, 3.05) is 65.7 Å². The summed E-state index contributed by atoms with van der Waals surface area (Å²) in [4.78, 5) is 28.2. The second-order valence-corrected chi connectivity index (χ2v) is 10.1. The molecule has 35 heavy (non-hydrogen) atoms. The zero-order valence-corrected chi connectivity index (χ0v) is 22.5. The molecule has 2 saturated heterocycles. The molecule has 204 valence electrons. The van der Waals surface area contributed by atoms with E-state index in [1.54, 1.807) is 0 Å². The van der Waals surface area contributed by atoms with Gasteiger partial charge in [0.05, 0.1) is 13.2 Å². The van der Waals surface area contributed by atoms with Crippen molar-refractivity contribution in [3.63, 3.8) is 0 Å². The zero-order valence-electron chi connectivity index (χ0n) is 22.5. The van der Waals surface area contributed by atoms with Crippen molar-refractivity contribution in [2.24, 2.45) is 11.8 Å². The number of nitrogens with zero attached hydrogens (tertiary/aromatic N) is 2. The van der Waals surface area contributed by atoms with Crippen LogP contribution in [0, 0.1) is 11.8 Å². The molecule has 0 bridgehead atoms. The second-order valence-electron chi connectivity index (χ2n) is 10.1. The van der Waals surface area contributed by atoms with E-state index >= 15 is 0 Å². The van der Waals surface area contributed by atoms with Gasteiger partial charge < -0.3 is 29.6 Å². The average Bonchev–Trinajstić information content (AvgIpc) is 3.43. The molecule has 0 spiro atoms. The van der Waals surface area contributed by atoms with E-state index in [1.807, 2.05) is 0 Å². The number of alkyl carbamates (subject to hydrolysis) is 2. The van der Waals surface area contributed by atoms with Crippen LogP contribution >= 0.6 is 0 Å². The van der Waals surface area contributed by atoms with E-state index in [0.29, 0.717) is 57.8 Å². The number of rotatable bonds is 15. The Morgan fingerprint density at radius 1 is 0.914 bits per heavy atom. The number of carbonyl (C=O) groups is 2. The number of amides is 2. The van der Waals surface area contributed by atoms with Crippen LogP contribution in [-0.4, -0.2) is 99.6 Å². The van der Waals surface area contributed by atoms with Crippen molar-refractivity contribution in [2.45, 2.75) is 72.3 Å². The molecular weight excluding hydrogens is 452 g/mol. The fraction of sp³-hybridized carbons (Fsp3) is 0.920. The van der Waals surface area contributed by atoms with Gasteiger partial charge >= 0.3 is 12.2 Å². The number of unbranched alkanes of at least 4 members (excludes halogenated alkanes) is 3. The second kappa shape index (κ2) is 15.5. The van der Waals surface area contributed by atoms with E-state index in [4.69, 9.17) is 18.9 Å². The minimum absolute atomic E-state index is 0.115. The maximum atomic E-state index is 11.9. The highest BCUT2D eigenvalue weighted by Crippen LogP contribution is 2.30. The largest absolute Gasteiger partial charge is 0.448 e. The van der Waals surface area contributed by atoms with Crippen LogP contribution in [0.25, 0.3) is 0 Å². The first-order chi connectivity index (χ1) is 16.7. The highest BCUT2D eigenvalue weighted by atomic mass is 16.6. The minimum atomic E-state index is -0.374. The normalized spacial score (nSPS) is 23.2. The fourth-order valence-corrected chi connectivity index (χ4v) is 4.51. The SMILES string of the molecule is CC(C)C1OCCN1CCOC(=O)NCCCCCCNC(=O)OCCN1CCO[C@]1(C)C(C)C. The third-order valence-corrected chi connectivity index (χ3v) is 6.90. The summed E-state index contributed by atoms with van der Waals surface area (Å²) in [6.07, 6.45) is 3.07. The predicted octanol–water partition coefficient (Wildman–Crippen LogP) is 3.02. The van der Waals surface area contributed by atoms with Crippen LogP contribution in [0.3, 0.4) is 0 Å². The van der Waals surface area contributed by atoms with Gasteiger partial charge in [-0.15, -0.1) is 0 Å². The van der Waals surface area contributed by atoms with Crippen molar-refractivity contribution in [1.82, 2.24) is 20.4 Å². The first-order valence-electron chi connectivity index (χ1n) is 13.3. The van der Waals surface area contributed by atoms with Gasteiger partial charge in [-0.2, -0.15) is 0 Å². The first kappa shape index (κ1) is 29.6. The quantitative estimate of drug-likeness (QED) is 0.331. The summed E-state index contributed by atoms with van der Waals surface area (Å²) in [6.45, 7) is 17.1. The number of ether oxygens (including phenoxy) is 4. The molecule has 0 saturated carbocycles. The van der Waals surface area contributed by atoms with E-state index < -0.39 is 0 Å². The Morgan fingerprint density at radius 3 is 2.09 bits per heavy atom. The summed E-state index contributed by atoms with van der Waals surface area (Å²) in [6, 6.07) is 0. The van der Waals surface area contributed by atoms with Crippen LogP contribution in [0.1, 0.15) is 60.3 Å². The lowest BCUT2D eigenvalue weighted by Crippen LogP contribution is -2.48. The summed E-state index contributed by atoms with van der Waals surface area (Å²) < 4.78 is 22.2. The smallest absolute Gasteiger partial charge is 0.407 e. The maximum absolute atomic E-state index is 11.9. The maximum Gasteiger partial charge on any atom is 0.407 e. The average molecular weight is 501 g/mol. The van der Waals surface area contributed by atoms with Gasteiger partial charge in [-0.05, 0) is 31.6 Å². The van der Waals surface area contributed by atoms with Crippen LogP contribution in [0.15, 0.2) is 0 Å². The Bertz CT molecular complexity index is 635. The molecule has 10 heteroatoms. The number of hydrogen-bond acceptors (Lipinski definition) is 8. The van der Waals surface area contributed by atoms with Crippen LogP contribution in [0.4, 0.5) is 9.59 Å². The Kier molecular flexibility index (Phi) is 13.1. The molecule has 0 aromatic rings. The van der Waals surface area contributed by atoms with Crippen molar-refractivity contribution in [3.8, 4) is 0 Å². The Hall–Kier alpha value is -1.62. The molecule has 0 aliphatic carbocycles. The van der Waals surface area contributed by atoms with Crippen LogP contribution in [-0.2, 0) is 18.9 Å². The Morgan fingerprint density at radius 2 is 1.51 bits per heavy atom. The van der Waals surface area contributed by atoms with Crippen LogP contribution in [0.2, 0.25) is 0 Å². The number of nitrogens with one attached hydrogen (secondary N) is 2. The lowest BCUT2D eigenvalue weighted by atomic mass is 10.0.